The molecule has 18 heavy (non-hydrogen) atoms. The standard InChI is InChI=1S/C12H13Cl2NO2.ClH/c13-9-4-3-8(6-10(9)14)11-2-1-5-15(11)7-12(16)17;/h3-4,6,11H,1-2,5,7H2,(H,16,17);1H. The predicted octanol–water partition coefficient (Wildman–Crippen LogP) is 3.64. The number of carboxylic acids is 1. The maximum Gasteiger partial charge on any atom is 0.317 e. The minimum absolute atomic E-state index is 0. The smallest absolute Gasteiger partial charge is 0.317 e. The zero-order valence-corrected chi connectivity index (χ0v) is 11.9. The average Bonchev–Trinajstić information content (AvgIpc) is 2.69. The quantitative estimate of drug-likeness (QED) is 0.926. The van der Waals surface area contributed by atoms with E-state index in [1.807, 2.05) is 17.0 Å². The third-order valence-electron chi connectivity index (χ3n) is 3.03. The highest BCUT2D eigenvalue weighted by atomic mass is 35.5. The summed E-state index contributed by atoms with van der Waals surface area (Å²) in [5.41, 5.74) is 1.04. The van der Waals surface area contributed by atoms with E-state index < -0.39 is 5.97 Å². The Hall–Kier alpha value is -0.480. The zero-order chi connectivity index (χ0) is 12.4. The maximum absolute atomic E-state index is 10.8. The predicted molar refractivity (Wildman–Crippen MR) is 74.9 cm³/mol. The van der Waals surface area contributed by atoms with Crippen LogP contribution in [0.2, 0.25) is 10.0 Å². The Bertz CT molecular complexity index is 439. The van der Waals surface area contributed by atoms with Gasteiger partial charge in [-0.05, 0) is 37.1 Å². The lowest BCUT2D eigenvalue weighted by Crippen LogP contribution is -2.29. The number of rotatable bonds is 3. The van der Waals surface area contributed by atoms with Gasteiger partial charge in [0.2, 0.25) is 0 Å². The van der Waals surface area contributed by atoms with Gasteiger partial charge in [-0.25, -0.2) is 0 Å². The topological polar surface area (TPSA) is 40.5 Å². The molecule has 100 valence electrons. The van der Waals surface area contributed by atoms with Crippen LogP contribution >= 0.6 is 35.6 Å². The van der Waals surface area contributed by atoms with Crippen molar-refractivity contribution in [1.82, 2.24) is 4.90 Å². The molecule has 1 aromatic rings. The highest BCUT2D eigenvalue weighted by Crippen LogP contribution is 2.34. The van der Waals surface area contributed by atoms with Crippen molar-refractivity contribution >= 4 is 41.6 Å². The van der Waals surface area contributed by atoms with Crippen molar-refractivity contribution in [3.05, 3.63) is 33.8 Å². The molecule has 2 rings (SSSR count). The van der Waals surface area contributed by atoms with Gasteiger partial charge in [0.1, 0.15) is 0 Å². The Morgan fingerprint density at radius 1 is 1.39 bits per heavy atom. The molecule has 3 nitrogen and oxygen atoms in total. The van der Waals surface area contributed by atoms with Gasteiger partial charge in [-0.15, -0.1) is 12.4 Å². The number of likely N-dealkylation sites (tertiary alicyclic amines) is 1. The van der Waals surface area contributed by atoms with Crippen molar-refractivity contribution < 1.29 is 9.90 Å². The zero-order valence-electron chi connectivity index (χ0n) is 9.60. The SMILES string of the molecule is Cl.O=C(O)CN1CCCC1c1ccc(Cl)c(Cl)c1. The lowest BCUT2D eigenvalue weighted by molar-refractivity contribution is -0.138. The van der Waals surface area contributed by atoms with Crippen LogP contribution in [0.15, 0.2) is 18.2 Å². The van der Waals surface area contributed by atoms with Gasteiger partial charge in [0.25, 0.3) is 0 Å². The van der Waals surface area contributed by atoms with Crippen LogP contribution in [0.4, 0.5) is 0 Å². The van der Waals surface area contributed by atoms with Gasteiger partial charge in [-0.1, -0.05) is 29.3 Å². The lowest BCUT2D eigenvalue weighted by atomic mass is 10.0. The van der Waals surface area contributed by atoms with Crippen LogP contribution in [0.1, 0.15) is 24.4 Å². The first-order chi connectivity index (χ1) is 8.08. The van der Waals surface area contributed by atoms with E-state index in [9.17, 15) is 4.79 Å². The Balaban J connectivity index is 0.00000162. The minimum atomic E-state index is -0.794. The van der Waals surface area contributed by atoms with E-state index in [2.05, 4.69) is 0 Å². The average molecular weight is 311 g/mol. The summed E-state index contributed by atoms with van der Waals surface area (Å²) < 4.78 is 0. The normalized spacial score (nSPS) is 19.6. The van der Waals surface area contributed by atoms with E-state index in [-0.39, 0.29) is 25.0 Å². The molecular weight excluding hydrogens is 296 g/mol. The molecular formula is C12H14Cl3NO2. The second-order valence-electron chi connectivity index (χ2n) is 4.20. The second-order valence-corrected chi connectivity index (χ2v) is 5.01. The van der Waals surface area contributed by atoms with Gasteiger partial charge in [0, 0.05) is 6.04 Å². The number of hydrogen-bond donors (Lipinski definition) is 1. The molecule has 0 saturated carbocycles. The summed E-state index contributed by atoms with van der Waals surface area (Å²) in [4.78, 5) is 12.7. The molecule has 0 radical (unpaired) electrons. The monoisotopic (exact) mass is 309 g/mol. The molecule has 1 unspecified atom stereocenters. The molecule has 1 N–H and O–H groups in total. The Labute approximate surface area is 122 Å². The summed E-state index contributed by atoms with van der Waals surface area (Å²) in [7, 11) is 0. The van der Waals surface area contributed by atoms with Crippen LogP contribution in [-0.2, 0) is 4.79 Å². The molecule has 0 aliphatic carbocycles. The van der Waals surface area contributed by atoms with Crippen molar-refractivity contribution in [3.63, 3.8) is 0 Å². The van der Waals surface area contributed by atoms with Gasteiger partial charge < -0.3 is 5.11 Å². The first-order valence-corrected chi connectivity index (χ1v) is 6.24. The van der Waals surface area contributed by atoms with E-state index in [1.165, 1.54) is 0 Å². The molecule has 1 aromatic carbocycles. The second kappa shape index (κ2) is 6.62. The summed E-state index contributed by atoms with van der Waals surface area (Å²) in [5.74, 6) is -0.794. The van der Waals surface area contributed by atoms with E-state index >= 15 is 0 Å². The number of carboxylic acid groups (broad SMARTS) is 1. The van der Waals surface area contributed by atoms with Crippen LogP contribution < -0.4 is 0 Å². The number of aliphatic carboxylic acids is 1. The molecule has 1 saturated heterocycles. The first-order valence-electron chi connectivity index (χ1n) is 5.48. The van der Waals surface area contributed by atoms with Crippen LogP contribution in [0.3, 0.4) is 0 Å². The van der Waals surface area contributed by atoms with Gasteiger partial charge in [-0.3, -0.25) is 9.69 Å². The van der Waals surface area contributed by atoms with E-state index in [0.717, 1.165) is 24.9 Å². The highest BCUT2D eigenvalue weighted by Gasteiger charge is 2.27. The van der Waals surface area contributed by atoms with Crippen LogP contribution in [-0.4, -0.2) is 29.1 Å². The molecule has 1 aliphatic heterocycles. The third kappa shape index (κ3) is 3.51. The fourth-order valence-corrected chi connectivity index (χ4v) is 2.59. The summed E-state index contributed by atoms with van der Waals surface area (Å²) in [6.07, 6.45) is 1.98. The molecule has 1 aliphatic rings. The third-order valence-corrected chi connectivity index (χ3v) is 3.77. The number of halogens is 3. The molecule has 1 fully saturated rings. The minimum Gasteiger partial charge on any atom is -0.480 e. The Morgan fingerprint density at radius 3 is 2.72 bits per heavy atom. The molecule has 0 spiro atoms. The number of benzene rings is 1. The number of carbonyl (C=O) groups is 1. The van der Waals surface area contributed by atoms with Gasteiger partial charge in [0.05, 0.1) is 16.6 Å². The highest BCUT2D eigenvalue weighted by molar-refractivity contribution is 6.42. The summed E-state index contributed by atoms with van der Waals surface area (Å²) in [5, 5.41) is 9.89. The largest absolute Gasteiger partial charge is 0.480 e. The lowest BCUT2D eigenvalue weighted by Gasteiger charge is -2.23. The molecule has 0 bridgehead atoms. The fourth-order valence-electron chi connectivity index (χ4n) is 2.29. The van der Waals surface area contributed by atoms with Crippen molar-refractivity contribution in [2.24, 2.45) is 0 Å². The van der Waals surface area contributed by atoms with Crippen LogP contribution in [0.25, 0.3) is 0 Å². The summed E-state index contributed by atoms with van der Waals surface area (Å²) in [6, 6.07) is 5.64. The molecule has 6 heteroatoms. The Kier molecular flexibility index (Phi) is 5.73. The molecule has 0 amide bonds. The number of hydrogen-bond acceptors (Lipinski definition) is 2. The molecule has 0 aromatic heterocycles. The van der Waals surface area contributed by atoms with Gasteiger partial charge >= 0.3 is 5.97 Å². The van der Waals surface area contributed by atoms with Crippen molar-refractivity contribution in [3.8, 4) is 0 Å². The molecule has 1 atom stereocenters. The summed E-state index contributed by atoms with van der Waals surface area (Å²) in [6.45, 7) is 0.891. The number of nitrogens with zero attached hydrogens (tertiary/aromatic N) is 1. The van der Waals surface area contributed by atoms with E-state index in [1.54, 1.807) is 6.07 Å². The first kappa shape index (κ1) is 15.6. The van der Waals surface area contributed by atoms with Gasteiger partial charge in [0.15, 0.2) is 0 Å². The van der Waals surface area contributed by atoms with Crippen molar-refractivity contribution in [2.75, 3.05) is 13.1 Å². The van der Waals surface area contributed by atoms with E-state index in [4.69, 9.17) is 28.3 Å². The molecule has 1 heterocycles. The van der Waals surface area contributed by atoms with Crippen molar-refractivity contribution in [1.29, 1.82) is 0 Å². The Morgan fingerprint density at radius 2 is 2.11 bits per heavy atom. The van der Waals surface area contributed by atoms with Crippen LogP contribution in [0, 0.1) is 0 Å². The van der Waals surface area contributed by atoms with E-state index in [0.29, 0.717) is 10.0 Å². The maximum atomic E-state index is 10.8. The van der Waals surface area contributed by atoms with Crippen molar-refractivity contribution in [2.45, 2.75) is 18.9 Å². The van der Waals surface area contributed by atoms with Gasteiger partial charge in [-0.2, -0.15) is 0 Å². The fraction of sp³-hybridized carbons (Fsp3) is 0.417. The van der Waals surface area contributed by atoms with Crippen LogP contribution in [0.5, 0.6) is 0 Å². The summed E-state index contributed by atoms with van der Waals surface area (Å²) >= 11 is 11.8.